The second-order valence-electron chi connectivity index (χ2n) is 6.64. The third-order valence-electron chi connectivity index (χ3n) is 4.43. The topological polar surface area (TPSA) is 89.2 Å². The van der Waals surface area contributed by atoms with Crippen LogP contribution in [-0.4, -0.2) is 28.2 Å². The maximum atomic E-state index is 12.6. The molecule has 2 aromatic heterocycles. The molecule has 0 bridgehead atoms. The molecule has 0 spiro atoms. The Morgan fingerprint density at radius 2 is 1.79 bits per heavy atom. The minimum absolute atomic E-state index is 0.222. The van der Waals surface area contributed by atoms with Crippen molar-refractivity contribution in [3.63, 3.8) is 0 Å². The van der Waals surface area contributed by atoms with E-state index in [1.54, 1.807) is 23.6 Å². The summed E-state index contributed by atoms with van der Waals surface area (Å²) in [5.41, 5.74) is 3.60. The number of nitrogens with zero attached hydrogens (tertiary/aromatic N) is 4. The first-order chi connectivity index (χ1) is 13.3. The Hall–Kier alpha value is -2.62. The lowest BCUT2D eigenvalue weighted by molar-refractivity contribution is 0.580. The molecule has 0 amide bonds. The highest BCUT2D eigenvalue weighted by molar-refractivity contribution is 7.89. The highest BCUT2D eigenvalue weighted by Crippen LogP contribution is 2.25. The number of sulfonamides is 1. The molecule has 7 nitrogen and oxygen atoms in total. The lowest BCUT2D eigenvalue weighted by Crippen LogP contribution is -2.24. The summed E-state index contributed by atoms with van der Waals surface area (Å²) in [4.78, 5) is 1.06. The second-order valence-corrected chi connectivity index (χ2v) is 9.33. The van der Waals surface area contributed by atoms with Gasteiger partial charge in [-0.15, -0.1) is 10.2 Å². The molecule has 0 unspecified atom stereocenters. The monoisotopic (exact) mass is 413 g/mol. The Morgan fingerprint density at radius 3 is 2.46 bits per heavy atom. The third-order valence-corrected chi connectivity index (χ3v) is 6.94. The molecule has 1 N–H and O–H groups in total. The zero-order valence-electron chi connectivity index (χ0n) is 15.7. The fourth-order valence-electron chi connectivity index (χ4n) is 2.95. The number of hydrogen-bond donors (Lipinski definition) is 1. The van der Waals surface area contributed by atoms with Crippen LogP contribution in [-0.2, 0) is 16.6 Å². The van der Waals surface area contributed by atoms with Crippen molar-refractivity contribution < 1.29 is 8.42 Å². The SMILES string of the molecule is Cc1ccc(S(=O)(=O)NCc2ccc(-c3nn4c(C)nnc4s3)cc2)c(C)c1. The van der Waals surface area contributed by atoms with Crippen LogP contribution in [0.1, 0.15) is 22.5 Å². The minimum Gasteiger partial charge on any atom is -0.207 e. The van der Waals surface area contributed by atoms with Crippen LogP contribution in [0.3, 0.4) is 0 Å². The van der Waals surface area contributed by atoms with E-state index in [9.17, 15) is 8.42 Å². The molecule has 9 heteroatoms. The van der Waals surface area contributed by atoms with Crippen LogP contribution in [0.2, 0.25) is 0 Å². The molecule has 0 aliphatic carbocycles. The summed E-state index contributed by atoms with van der Waals surface area (Å²) in [7, 11) is -3.56. The number of aromatic nitrogens is 4. The third kappa shape index (κ3) is 3.56. The summed E-state index contributed by atoms with van der Waals surface area (Å²) >= 11 is 1.46. The maximum Gasteiger partial charge on any atom is 0.241 e. The lowest BCUT2D eigenvalue weighted by atomic mass is 10.1. The van der Waals surface area contributed by atoms with E-state index >= 15 is 0 Å². The average molecular weight is 414 g/mol. The first-order valence-corrected chi connectivity index (χ1v) is 11.0. The van der Waals surface area contributed by atoms with Crippen molar-refractivity contribution in [2.75, 3.05) is 0 Å². The number of nitrogens with one attached hydrogen (secondary N) is 1. The van der Waals surface area contributed by atoms with Gasteiger partial charge in [-0.05, 0) is 38.0 Å². The summed E-state index contributed by atoms with van der Waals surface area (Å²) in [5, 5.41) is 13.4. The van der Waals surface area contributed by atoms with E-state index in [2.05, 4.69) is 20.0 Å². The quantitative estimate of drug-likeness (QED) is 0.542. The highest BCUT2D eigenvalue weighted by atomic mass is 32.2. The second kappa shape index (κ2) is 7.08. The molecule has 0 fully saturated rings. The van der Waals surface area contributed by atoms with E-state index in [-0.39, 0.29) is 6.54 Å². The Kier molecular flexibility index (Phi) is 4.74. The smallest absolute Gasteiger partial charge is 0.207 e. The van der Waals surface area contributed by atoms with Gasteiger partial charge in [0.2, 0.25) is 15.0 Å². The van der Waals surface area contributed by atoms with Gasteiger partial charge in [0.05, 0.1) is 4.90 Å². The molecule has 0 aliphatic rings. The Balaban J connectivity index is 1.50. The van der Waals surface area contributed by atoms with Crippen LogP contribution >= 0.6 is 11.3 Å². The molecule has 0 radical (unpaired) electrons. The summed E-state index contributed by atoms with van der Waals surface area (Å²) in [6, 6.07) is 13.0. The molecule has 0 aliphatic heterocycles. The molecule has 144 valence electrons. The van der Waals surface area contributed by atoms with Gasteiger partial charge in [0.1, 0.15) is 5.01 Å². The summed E-state index contributed by atoms with van der Waals surface area (Å²) in [6.07, 6.45) is 0. The average Bonchev–Trinajstić information content (AvgIpc) is 3.22. The zero-order chi connectivity index (χ0) is 19.9. The molecule has 28 heavy (non-hydrogen) atoms. The van der Waals surface area contributed by atoms with Gasteiger partial charge in [-0.2, -0.15) is 9.61 Å². The molecule has 0 saturated carbocycles. The van der Waals surface area contributed by atoms with Crippen molar-refractivity contribution in [1.82, 2.24) is 24.5 Å². The van der Waals surface area contributed by atoms with Crippen molar-refractivity contribution in [2.24, 2.45) is 0 Å². The van der Waals surface area contributed by atoms with Crippen molar-refractivity contribution in [3.05, 3.63) is 65.0 Å². The molecule has 2 aromatic carbocycles. The van der Waals surface area contributed by atoms with E-state index < -0.39 is 10.0 Å². The Bertz CT molecular complexity index is 1260. The van der Waals surface area contributed by atoms with Crippen LogP contribution in [0.15, 0.2) is 47.4 Å². The van der Waals surface area contributed by atoms with E-state index in [1.807, 2.05) is 44.2 Å². The fourth-order valence-corrected chi connectivity index (χ4v) is 5.09. The number of aryl methyl sites for hydroxylation is 3. The van der Waals surface area contributed by atoms with E-state index in [4.69, 9.17) is 0 Å². The van der Waals surface area contributed by atoms with Gasteiger partial charge in [0, 0.05) is 12.1 Å². The molecule has 4 rings (SSSR count). The number of benzene rings is 2. The molecular weight excluding hydrogens is 394 g/mol. The van der Waals surface area contributed by atoms with Gasteiger partial charge in [-0.3, -0.25) is 0 Å². The van der Waals surface area contributed by atoms with Gasteiger partial charge in [0.15, 0.2) is 5.82 Å². The summed E-state index contributed by atoms with van der Waals surface area (Å²) in [5.74, 6) is 0.745. The number of fused-ring (bicyclic) bond motifs is 1. The molecular formula is C19H19N5O2S2. The van der Waals surface area contributed by atoms with Gasteiger partial charge in [0.25, 0.3) is 0 Å². The number of rotatable bonds is 5. The van der Waals surface area contributed by atoms with Gasteiger partial charge >= 0.3 is 0 Å². The van der Waals surface area contributed by atoms with E-state index in [1.165, 1.54) is 11.3 Å². The molecule has 0 saturated heterocycles. The minimum atomic E-state index is -3.56. The van der Waals surface area contributed by atoms with Crippen LogP contribution in [0.5, 0.6) is 0 Å². The fraction of sp³-hybridized carbons (Fsp3) is 0.211. The zero-order valence-corrected chi connectivity index (χ0v) is 17.3. The number of hydrogen-bond acceptors (Lipinski definition) is 6. The molecule has 0 atom stereocenters. The first kappa shape index (κ1) is 18.7. The van der Waals surface area contributed by atoms with Crippen molar-refractivity contribution in [2.45, 2.75) is 32.2 Å². The van der Waals surface area contributed by atoms with Crippen molar-refractivity contribution >= 4 is 26.3 Å². The van der Waals surface area contributed by atoms with Gasteiger partial charge in [-0.1, -0.05) is 53.3 Å². The predicted molar refractivity (Wildman–Crippen MR) is 109 cm³/mol. The van der Waals surface area contributed by atoms with E-state index in [0.29, 0.717) is 4.90 Å². The van der Waals surface area contributed by atoms with Crippen LogP contribution in [0.25, 0.3) is 15.5 Å². The normalized spacial score (nSPS) is 12.0. The van der Waals surface area contributed by atoms with Gasteiger partial charge < -0.3 is 0 Å². The summed E-state index contributed by atoms with van der Waals surface area (Å²) in [6.45, 7) is 5.82. The van der Waals surface area contributed by atoms with Crippen molar-refractivity contribution in [1.29, 1.82) is 0 Å². The Labute approximate surface area is 167 Å². The largest absolute Gasteiger partial charge is 0.241 e. The Morgan fingerprint density at radius 1 is 1.04 bits per heavy atom. The maximum absolute atomic E-state index is 12.6. The van der Waals surface area contributed by atoms with E-state index in [0.717, 1.165) is 38.0 Å². The van der Waals surface area contributed by atoms with Crippen LogP contribution in [0.4, 0.5) is 0 Å². The van der Waals surface area contributed by atoms with Crippen LogP contribution < -0.4 is 4.72 Å². The molecule has 2 heterocycles. The standard InChI is InChI=1S/C19H19N5O2S2/c1-12-4-9-17(13(2)10-12)28(25,26)20-11-15-5-7-16(8-6-15)18-23-24-14(3)21-22-19(24)27-18/h4-10,20H,11H2,1-3H3. The van der Waals surface area contributed by atoms with Gasteiger partial charge in [-0.25, -0.2) is 13.1 Å². The first-order valence-electron chi connectivity index (χ1n) is 8.68. The summed E-state index contributed by atoms with van der Waals surface area (Å²) < 4.78 is 29.6. The predicted octanol–water partition coefficient (Wildman–Crippen LogP) is 3.26. The van der Waals surface area contributed by atoms with Crippen LogP contribution in [0, 0.1) is 20.8 Å². The highest BCUT2D eigenvalue weighted by Gasteiger charge is 2.16. The molecule has 4 aromatic rings. The lowest BCUT2D eigenvalue weighted by Gasteiger charge is -2.10. The van der Waals surface area contributed by atoms with Crippen molar-refractivity contribution in [3.8, 4) is 10.6 Å².